The van der Waals surface area contributed by atoms with E-state index in [2.05, 4.69) is 39.7 Å². The van der Waals surface area contributed by atoms with Crippen LogP contribution in [0.25, 0.3) is 5.65 Å². The Bertz CT molecular complexity index is 693. The molecule has 0 unspecified atom stereocenters. The molecule has 1 N–H and O–H groups in total. The van der Waals surface area contributed by atoms with Gasteiger partial charge in [-0.05, 0) is 31.2 Å². The van der Waals surface area contributed by atoms with Gasteiger partial charge in [0.25, 0.3) is 0 Å². The first kappa shape index (κ1) is 13.0. The molecule has 0 aliphatic rings. The largest absolute Gasteiger partial charge is 0.352 e. The summed E-state index contributed by atoms with van der Waals surface area (Å²) in [5.74, 6) is 1.67. The number of fused-ring (bicyclic) bond motifs is 1. The lowest BCUT2D eigenvalue weighted by molar-refractivity contribution is 0.912. The van der Waals surface area contributed by atoms with Gasteiger partial charge in [0.1, 0.15) is 0 Å². The normalized spacial score (nSPS) is 10.8. The van der Waals surface area contributed by atoms with Crippen LogP contribution >= 0.6 is 11.8 Å². The van der Waals surface area contributed by atoms with Crippen molar-refractivity contribution >= 4 is 23.4 Å². The number of rotatable bonds is 5. The standard InChI is InChI=1S/C15H16N4S/c1-12-6-5-9-14-17-15(18-19(12)14)16-10-11-20-13-7-3-2-4-8-13/h2-9H,10-11H2,1H3,(H,16,18). The molecule has 0 aliphatic carbocycles. The molecule has 4 nitrogen and oxygen atoms in total. The highest BCUT2D eigenvalue weighted by atomic mass is 32.2. The molecule has 0 atom stereocenters. The molecule has 3 rings (SSSR count). The first-order valence-corrected chi connectivity index (χ1v) is 7.55. The molecule has 0 spiro atoms. The summed E-state index contributed by atoms with van der Waals surface area (Å²) in [6.45, 7) is 2.87. The van der Waals surface area contributed by atoms with Crippen molar-refractivity contribution in [3.63, 3.8) is 0 Å². The average Bonchev–Trinajstić information content (AvgIpc) is 2.89. The highest BCUT2D eigenvalue weighted by molar-refractivity contribution is 7.99. The van der Waals surface area contributed by atoms with Gasteiger partial charge in [-0.3, -0.25) is 0 Å². The van der Waals surface area contributed by atoms with Gasteiger partial charge in [0.2, 0.25) is 5.95 Å². The molecule has 0 aliphatic heterocycles. The van der Waals surface area contributed by atoms with Gasteiger partial charge in [-0.25, -0.2) is 4.52 Å². The van der Waals surface area contributed by atoms with E-state index in [1.165, 1.54) is 4.90 Å². The van der Waals surface area contributed by atoms with Crippen LogP contribution in [-0.4, -0.2) is 26.9 Å². The van der Waals surface area contributed by atoms with Gasteiger partial charge in [-0.15, -0.1) is 16.9 Å². The summed E-state index contributed by atoms with van der Waals surface area (Å²) in [5.41, 5.74) is 1.96. The number of hydrogen-bond acceptors (Lipinski definition) is 4. The number of aryl methyl sites for hydroxylation is 1. The summed E-state index contributed by atoms with van der Waals surface area (Å²) in [5, 5.41) is 7.71. The predicted molar refractivity (Wildman–Crippen MR) is 83.4 cm³/mol. The summed E-state index contributed by atoms with van der Waals surface area (Å²) in [4.78, 5) is 5.73. The van der Waals surface area contributed by atoms with Crippen molar-refractivity contribution in [1.29, 1.82) is 0 Å². The highest BCUT2D eigenvalue weighted by Crippen LogP contribution is 2.16. The molecule has 1 aromatic carbocycles. The maximum Gasteiger partial charge on any atom is 0.243 e. The summed E-state index contributed by atoms with van der Waals surface area (Å²) in [7, 11) is 0. The topological polar surface area (TPSA) is 42.2 Å². The van der Waals surface area contributed by atoms with Crippen LogP contribution in [0.15, 0.2) is 53.4 Å². The Morgan fingerprint density at radius 1 is 1.10 bits per heavy atom. The molecule has 0 amide bonds. The van der Waals surface area contributed by atoms with Gasteiger partial charge in [0.15, 0.2) is 5.65 Å². The Labute approximate surface area is 122 Å². The third-order valence-corrected chi connectivity index (χ3v) is 3.96. The van der Waals surface area contributed by atoms with Gasteiger partial charge in [-0.1, -0.05) is 24.3 Å². The van der Waals surface area contributed by atoms with Crippen LogP contribution in [0.4, 0.5) is 5.95 Å². The second-order valence-electron chi connectivity index (χ2n) is 4.46. The van der Waals surface area contributed by atoms with Crippen LogP contribution in [0, 0.1) is 6.92 Å². The lowest BCUT2D eigenvalue weighted by Crippen LogP contribution is -2.05. The summed E-state index contributed by atoms with van der Waals surface area (Å²) < 4.78 is 1.85. The van der Waals surface area contributed by atoms with Gasteiger partial charge < -0.3 is 5.32 Å². The molecule has 20 heavy (non-hydrogen) atoms. The number of nitrogens with one attached hydrogen (secondary N) is 1. The van der Waals surface area contributed by atoms with E-state index in [1.54, 1.807) is 0 Å². The second kappa shape index (κ2) is 5.96. The van der Waals surface area contributed by atoms with E-state index >= 15 is 0 Å². The minimum atomic E-state index is 0.688. The number of nitrogens with zero attached hydrogens (tertiary/aromatic N) is 3. The molecule has 0 saturated heterocycles. The van der Waals surface area contributed by atoms with Crippen LogP contribution in [-0.2, 0) is 0 Å². The summed E-state index contributed by atoms with van der Waals surface area (Å²) >= 11 is 1.82. The number of benzene rings is 1. The Morgan fingerprint density at radius 3 is 2.75 bits per heavy atom. The molecule has 0 fully saturated rings. The number of anilines is 1. The number of thioether (sulfide) groups is 1. The van der Waals surface area contributed by atoms with Crippen LogP contribution < -0.4 is 5.32 Å². The van der Waals surface area contributed by atoms with Crippen molar-refractivity contribution in [2.45, 2.75) is 11.8 Å². The van der Waals surface area contributed by atoms with Gasteiger partial charge in [-0.2, -0.15) is 4.98 Å². The van der Waals surface area contributed by atoms with E-state index in [4.69, 9.17) is 0 Å². The Balaban J connectivity index is 1.56. The molecule has 0 bridgehead atoms. The van der Waals surface area contributed by atoms with E-state index in [-0.39, 0.29) is 0 Å². The Morgan fingerprint density at radius 2 is 1.95 bits per heavy atom. The maximum absolute atomic E-state index is 4.45. The second-order valence-corrected chi connectivity index (χ2v) is 5.63. The minimum Gasteiger partial charge on any atom is -0.352 e. The van der Waals surface area contributed by atoms with E-state index in [1.807, 2.05) is 47.5 Å². The highest BCUT2D eigenvalue weighted by Gasteiger charge is 2.03. The van der Waals surface area contributed by atoms with Gasteiger partial charge in [0, 0.05) is 22.9 Å². The van der Waals surface area contributed by atoms with E-state index < -0.39 is 0 Å². The van der Waals surface area contributed by atoms with Crippen molar-refractivity contribution in [3.8, 4) is 0 Å². The molecule has 3 aromatic rings. The molecule has 0 radical (unpaired) electrons. The third-order valence-electron chi connectivity index (χ3n) is 2.95. The molecule has 2 heterocycles. The zero-order valence-electron chi connectivity index (χ0n) is 11.3. The SMILES string of the molecule is Cc1cccc2nc(NCCSc3ccccc3)nn12. The van der Waals surface area contributed by atoms with E-state index in [0.717, 1.165) is 23.6 Å². The number of aromatic nitrogens is 3. The van der Waals surface area contributed by atoms with Crippen molar-refractivity contribution < 1.29 is 0 Å². The maximum atomic E-state index is 4.45. The van der Waals surface area contributed by atoms with Gasteiger partial charge in [0.05, 0.1) is 0 Å². The summed E-state index contributed by atoms with van der Waals surface area (Å²) in [6.07, 6.45) is 0. The lowest BCUT2D eigenvalue weighted by Gasteiger charge is -2.01. The number of hydrogen-bond donors (Lipinski definition) is 1. The van der Waals surface area contributed by atoms with Crippen LogP contribution in [0.1, 0.15) is 5.69 Å². The van der Waals surface area contributed by atoms with Crippen molar-refractivity contribution in [1.82, 2.24) is 14.6 Å². The minimum absolute atomic E-state index is 0.688. The number of pyridine rings is 1. The fraction of sp³-hybridized carbons (Fsp3) is 0.200. The molecular weight excluding hydrogens is 268 g/mol. The Hall–Kier alpha value is -2.01. The molecule has 5 heteroatoms. The van der Waals surface area contributed by atoms with Crippen molar-refractivity contribution in [2.24, 2.45) is 0 Å². The zero-order valence-corrected chi connectivity index (χ0v) is 12.1. The van der Waals surface area contributed by atoms with E-state index in [9.17, 15) is 0 Å². The Kier molecular flexibility index (Phi) is 3.87. The zero-order chi connectivity index (χ0) is 13.8. The van der Waals surface area contributed by atoms with Crippen LogP contribution in [0.5, 0.6) is 0 Å². The smallest absolute Gasteiger partial charge is 0.243 e. The fourth-order valence-electron chi connectivity index (χ4n) is 1.96. The van der Waals surface area contributed by atoms with Gasteiger partial charge >= 0.3 is 0 Å². The molecule has 2 aromatic heterocycles. The quantitative estimate of drug-likeness (QED) is 0.577. The summed E-state index contributed by atoms with van der Waals surface area (Å²) in [6, 6.07) is 16.4. The van der Waals surface area contributed by atoms with E-state index in [0.29, 0.717) is 5.95 Å². The molecule has 102 valence electrons. The molecular formula is C15H16N4S. The lowest BCUT2D eigenvalue weighted by atomic mass is 10.4. The van der Waals surface area contributed by atoms with Crippen molar-refractivity contribution in [3.05, 3.63) is 54.2 Å². The van der Waals surface area contributed by atoms with Crippen LogP contribution in [0.2, 0.25) is 0 Å². The fourth-order valence-corrected chi connectivity index (χ4v) is 2.75. The predicted octanol–water partition coefficient (Wildman–Crippen LogP) is 3.24. The molecule has 0 saturated carbocycles. The van der Waals surface area contributed by atoms with Crippen LogP contribution in [0.3, 0.4) is 0 Å². The average molecular weight is 284 g/mol. The first-order chi connectivity index (χ1) is 9.83. The van der Waals surface area contributed by atoms with Crippen molar-refractivity contribution in [2.75, 3.05) is 17.6 Å². The first-order valence-electron chi connectivity index (χ1n) is 6.57. The third kappa shape index (κ3) is 2.93. The monoisotopic (exact) mass is 284 g/mol.